The fourth-order valence-corrected chi connectivity index (χ4v) is 2.61. The van der Waals surface area contributed by atoms with Gasteiger partial charge in [-0.3, -0.25) is 10.1 Å². The van der Waals surface area contributed by atoms with E-state index in [4.69, 9.17) is 27.9 Å². The summed E-state index contributed by atoms with van der Waals surface area (Å²) in [6.07, 6.45) is 1.83. The van der Waals surface area contributed by atoms with Crippen LogP contribution in [0.15, 0.2) is 12.1 Å². The van der Waals surface area contributed by atoms with Gasteiger partial charge in [0, 0.05) is 18.2 Å². The SMILES string of the molecule is CCNC1CC(Oc2c(Cl)cc([N+](=O)[O-])cc2Cl)C1. The summed E-state index contributed by atoms with van der Waals surface area (Å²) in [4.78, 5) is 10.1. The number of hydrogen-bond acceptors (Lipinski definition) is 4. The first-order valence-electron chi connectivity index (χ1n) is 6.04. The predicted octanol–water partition coefficient (Wildman–Crippen LogP) is 3.42. The minimum Gasteiger partial charge on any atom is -0.487 e. The van der Waals surface area contributed by atoms with E-state index >= 15 is 0 Å². The van der Waals surface area contributed by atoms with Crippen molar-refractivity contribution in [3.05, 3.63) is 32.3 Å². The van der Waals surface area contributed by atoms with E-state index in [-0.39, 0.29) is 21.8 Å². The molecule has 1 aromatic rings. The molecule has 19 heavy (non-hydrogen) atoms. The number of nitrogens with zero attached hydrogens (tertiary/aromatic N) is 1. The molecule has 0 atom stereocenters. The highest BCUT2D eigenvalue weighted by molar-refractivity contribution is 6.37. The number of rotatable bonds is 5. The van der Waals surface area contributed by atoms with Gasteiger partial charge in [-0.15, -0.1) is 0 Å². The van der Waals surface area contributed by atoms with Gasteiger partial charge in [-0.25, -0.2) is 0 Å². The molecule has 1 aliphatic rings. The second kappa shape index (κ2) is 5.94. The summed E-state index contributed by atoms with van der Waals surface area (Å²) in [5, 5.41) is 14.3. The molecule has 1 aliphatic carbocycles. The lowest BCUT2D eigenvalue weighted by Gasteiger charge is -2.36. The molecule has 1 N–H and O–H groups in total. The van der Waals surface area contributed by atoms with Crippen molar-refractivity contribution in [3.8, 4) is 5.75 Å². The van der Waals surface area contributed by atoms with E-state index in [1.807, 2.05) is 0 Å². The van der Waals surface area contributed by atoms with Crippen LogP contribution >= 0.6 is 23.2 Å². The molecule has 1 fully saturated rings. The maximum atomic E-state index is 10.7. The molecule has 0 aliphatic heterocycles. The van der Waals surface area contributed by atoms with Crippen molar-refractivity contribution in [2.24, 2.45) is 0 Å². The average Bonchev–Trinajstić information content (AvgIpc) is 2.29. The van der Waals surface area contributed by atoms with E-state index in [0.29, 0.717) is 11.8 Å². The molecule has 0 amide bonds. The summed E-state index contributed by atoms with van der Waals surface area (Å²) >= 11 is 11.9. The first-order valence-corrected chi connectivity index (χ1v) is 6.80. The molecule has 0 radical (unpaired) electrons. The molecule has 7 heteroatoms. The average molecular weight is 305 g/mol. The van der Waals surface area contributed by atoms with Crippen molar-refractivity contribution < 1.29 is 9.66 Å². The van der Waals surface area contributed by atoms with Gasteiger partial charge in [0.25, 0.3) is 5.69 Å². The Kier molecular flexibility index (Phi) is 4.50. The molecular weight excluding hydrogens is 291 g/mol. The molecule has 0 aromatic heterocycles. The summed E-state index contributed by atoms with van der Waals surface area (Å²) in [6.45, 7) is 2.98. The standard InChI is InChI=1S/C12H14Cl2N2O3/c1-2-15-7-3-9(4-7)19-12-10(13)5-8(16(17)18)6-11(12)14/h5-7,9,15H,2-4H2,1H3. The molecule has 0 unspecified atom stereocenters. The van der Waals surface area contributed by atoms with E-state index in [0.717, 1.165) is 19.4 Å². The normalized spacial score (nSPS) is 21.8. The topological polar surface area (TPSA) is 64.4 Å². The predicted molar refractivity (Wildman–Crippen MR) is 74.2 cm³/mol. The second-order valence-electron chi connectivity index (χ2n) is 4.46. The summed E-state index contributed by atoms with van der Waals surface area (Å²) in [7, 11) is 0. The Morgan fingerprint density at radius 2 is 2.00 bits per heavy atom. The third kappa shape index (κ3) is 3.29. The van der Waals surface area contributed by atoms with E-state index in [2.05, 4.69) is 12.2 Å². The van der Waals surface area contributed by atoms with Gasteiger partial charge in [0.15, 0.2) is 5.75 Å². The third-order valence-corrected chi connectivity index (χ3v) is 3.63. The summed E-state index contributed by atoms with van der Waals surface area (Å²) < 4.78 is 5.70. The number of nitro groups is 1. The Balaban J connectivity index is 2.04. The number of nitro benzene ring substituents is 1. The van der Waals surface area contributed by atoms with Crippen LogP contribution in [-0.4, -0.2) is 23.6 Å². The van der Waals surface area contributed by atoms with Gasteiger partial charge in [-0.1, -0.05) is 30.1 Å². The highest BCUT2D eigenvalue weighted by Crippen LogP contribution is 2.39. The van der Waals surface area contributed by atoms with Crippen LogP contribution in [0.25, 0.3) is 0 Å². The molecular formula is C12H14Cl2N2O3. The number of hydrogen-bond donors (Lipinski definition) is 1. The van der Waals surface area contributed by atoms with Crippen molar-refractivity contribution in [2.75, 3.05) is 6.54 Å². The Morgan fingerprint density at radius 3 is 2.47 bits per heavy atom. The maximum Gasteiger partial charge on any atom is 0.272 e. The van der Waals surface area contributed by atoms with Gasteiger partial charge in [-0.05, 0) is 19.4 Å². The first-order chi connectivity index (χ1) is 9.01. The van der Waals surface area contributed by atoms with Crippen LogP contribution in [0.3, 0.4) is 0 Å². The van der Waals surface area contributed by atoms with Gasteiger partial charge in [0.05, 0.1) is 15.0 Å². The van der Waals surface area contributed by atoms with Crippen LogP contribution < -0.4 is 10.1 Å². The number of nitrogens with one attached hydrogen (secondary N) is 1. The molecule has 1 aromatic carbocycles. The minimum atomic E-state index is -0.536. The fourth-order valence-electron chi connectivity index (χ4n) is 2.05. The number of halogens is 2. The fraction of sp³-hybridized carbons (Fsp3) is 0.500. The maximum absolute atomic E-state index is 10.7. The molecule has 104 valence electrons. The Morgan fingerprint density at radius 1 is 1.42 bits per heavy atom. The van der Waals surface area contributed by atoms with Crippen LogP contribution in [0.2, 0.25) is 10.0 Å². The molecule has 5 nitrogen and oxygen atoms in total. The van der Waals surface area contributed by atoms with Crippen LogP contribution in [0.5, 0.6) is 5.75 Å². The Labute approximate surface area is 121 Å². The second-order valence-corrected chi connectivity index (χ2v) is 5.28. The lowest BCUT2D eigenvalue weighted by molar-refractivity contribution is -0.384. The van der Waals surface area contributed by atoms with Crippen LogP contribution in [0.1, 0.15) is 19.8 Å². The Bertz CT molecular complexity index is 467. The van der Waals surface area contributed by atoms with Crippen LogP contribution in [0, 0.1) is 10.1 Å². The van der Waals surface area contributed by atoms with Gasteiger partial charge in [0.1, 0.15) is 6.10 Å². The highest BCUT2D eigenvalue weighted by Gasteiger charge is 2.31. The quantitative estimate of drug-likeness (QED) is 0.668. The summed E-state index contributed by atoms with van der Waals surface area (Å²) in [5.41, 5.74) is -0.138. The number of benzene rings is 1. The first kappa shape index (κ1) is 14.4. The zero-order valence-corrected chi connectivity index (χ0v) is 11.9. The number of non-ortho nitro benzene ring substituents is 1. The number of ether oxygens (including phenoxy) is 1. The van der Waals surface area contributed by atoms with Crippen molar-refractivity contribution in [1.29, 1.82) is 0 Å². The highest BCUT2D eigenvalue weighted by atomic mass is 35.5. The molecule has 2 rings (SSSR count). The minimum absolute atomic E-state index is 0.0560. The van der Waals surface area contributed by atoms with Gasteiger partial charge in [0.2, 0.25) is 0 Å². The smallest absolute Gasteiger partial charge is 0.272 e. The van der Waals surface area contributed by atoms with Crippen LogP contribution in [-0.2, 0) is 0 Å². The van der Waals surface area contributed by atoms with Crippen molar-refractivity contribution >= 4 is 28.9 Å². The molecule has 0 bridgehead atoms. The molecule has 1 saturated carbocycles. The molecule has 0 saturated heterocycles. The van der Waals surface area contributed by atoms with Gasteiger partial charge >= 0.3 is 0 Å². The van der Waals surface area contributed by atoms with E-state index in [1.165, 1.54) is 12.1 Å². The van der Waals surface area contributed by atoms with E-state index < -0.39 is 4.92 Å². The monoisotopic (exact) mass is 304 g/mol. The van der Waals surface area contributed by atoms with E-state index in [9.17, 15) is 10.1 Å². The molecule has 0 spiro atoms. The summed E-state index contributed by atoms with van der Waals surface area (Å²) in [5.74, 6) is 0.328. The molecule has 0 heterocycles. The van der Waals surface area contributed by atoms with Gasteiger partial charge in [-0.2, -0.15) is 0 Å². The zero-order valence-electron chi connectivity index (χ0n) is 10.4. The summed E-state index contributed by atoms with van der Waals surface area (Å²) in [6, 6.07) is 2.97. The Hall–Kier alpha value is -1.04. The van der Waals surface area contributed by atoms with Crippen molar-refractivity contribution in [3.63, 3.8) is 0 Å². The van der Waals surface area contributed by atoms with E-state index in [1.54, 1.807) is 0 Å². The lowest BCUT2D eigenvalue weighted by atomic mass is 9.89. The van der Waals surface area contributed by atoms with Crippen molar-refractivity contribution in [1.82, 2.24) is 5.32 Å². The largest absolute Gasteiger partial charge is 0.487 e. The van der Waals surface area contributed by atoms with Gasteiger partial charge < -0.3 is 10.1 Å². The van der Waals surface area contributed by atoms with Crippen LogP contribution in [0.4, 0.5) is 5.69 Å². The van der Waals surface area contributed by atoms with Crippen molar-refractivity contribution in [2.45, 2.75) is 31.9 Å². The third-order valence-electron chi connectivity index (χ3n) is 3.07. The zero-order chi connectivity index (χ0) is 14.0. The lowest BCUT2D eigenvalue weighted by Crippen LogP contribution is -2.46.